The number of likely N-dealkylation sites (tertiary alicyclic amines) is 1. The van der Waals surface area contributed by atoms with E-state index in [4.69, 9.17) is 5.73 Å². The maximum atomic E-state index is 13.9. The van der Waals surface area contributed by atoms with E-state index in [9.17, 15) is 18.4 Å². The van der Waals surface area contributed by atoms with Gasteiger partial charge >= 0.3 is 0 Å². The van der Waals surface area contributed by atoms with Gasteiger partial charge in [-0.15, -0.1) is 0 Å². The van der Waals surface area contributed by atoms with Crippen LogP contribution in [0, 0.1) is 11.6 Å². The van der Waals surface area contributed by atoms with Crippen molar-refractivity contribution in [2.24, 2.45) is 5.73 Å². The van der Waals surface area contributed by atoms with Crippen molar-refractivity contribution in [2.75, 3.05) is 6.54 Å². The zero-order valence-electron chi connectivity index (χ0n) is 12.8. The molecule has 3 N–H and O–H groups in total. The van der Waals surface area contributed by atoms with Gasteiger partial charge in [0.1, 0.15) is 17.3 Å². The predicted octanol–water partition coefficient (Wildman–Crippen LogP) is 2.15. The highest BCUT2D eigenvalue weighted by atomic mass is 19.1. The second-order valence-corrected chi connectivity index (χ2v) is 5.71. The summed E-state index contributed by atoms with van der Waals surface area (Å²) in [5.74, 6) is -2.83. The van der Waals surface area contributed by atoms with Crippen molar-refractivity contribution in [3.05, 3.63) is 52.9 Å². The summed E-state index contributed by atoms with van der Waals surface area (Å²) < 4.78 is 27.0. The average Bonchev–Trinajstić information content (AvgIpc) is 3.04. The van der Waals surface area contributed by atoms with Crippen molar-refractivity contribution in [1.82, 2.24) is 15.1 Å². The minimum absolute atomic E-state index is 0.0796. The Kier molecular flexibility index (Phi) is 4.28. The minimum Gasteiger partial charge on any atom is -0.364 e. The lowest BCUT2D eigenvalue weighted by molar-refractivity contribution is 0.0601. The number of aromatic nitrogens is 2. The number of amides is 2. The van der Waals surface area contributed by atoms with Gasteiger partial charge in [-0.05, 0) is 37.5 Å². The number of nitrogens with two attached hydrogens (primary N) is 1. The molecule has 1 aromatic heterocycles. The van der Waals surface area contributed by atoms with Crippen molar-refractivity contribution < 1.29 is 18.4 Å². The first-order chi connectivity index (χ1) is 11.5. The van der Waals surface area contributed by atoms with E-state index in [2.05, 4.69) is 10.2 Å². The van der Waals surface area contributed by atoms with E-state index in [1.807, 2.05) is 0 Å². The molecule has 6 nitrogen and oxygen atoms in total. The molecule has 0 aliphatic carbocycles. The number of aromatic amines is 1. The third kappa shape index (κ3) is 2.99. The van der Waals surface area contributed by atoms with Crippen LogP contribution in [-0.4, -0.2) is 33.5 Å². The summed E-state index contributed by atoms with van der Waals surface area (Å²) in [5, 5.41) is 6.54. The molecule has 24 heavy (non-hydrogen) atoms. The van der Waals surface area contributed by atoms with Crippen molar-refractivity contribution in [3.63, 3.8) is 0 Å². The minimum atomic E-state index is -0.897. The Hall–Kier alpha value is -2.77. The number of hydrogen-bond donors (Lipinski definition) is 2. The van der Waals surface area contributed by atoms with Gasteiger partial charge in [0.25, 0.3) is 11.8 Å². The summed E-state index contributed by atoms with van der Waals surface area (Å²) >= 11 is 0. The second kappa shape index (κ2) is 6.38. The molecule has 2 amide bonds. The highest BCUT2D eigenvalue weighted by molar-refractivity contribution is 5.95. The fourth-order valence-corrected chi connectivity index (χ4v) is 2.95. The average molecular weight is 334 g/mol. The molecule has 1 atom stereocenters. The van der Waals surface area contributed by atoms with Crippen molar-refractivity contribution in [1.29, 1.82) is 0 Å². The van der Waals surface area contributed by atoms with Crippen LogP contribution in [0.1, 0.15) is 51.8 Å². The highest BCUT2D eigenvalue weighted by Crippen LogP contribution is 2.31. The molecule has 0 radical (unpaired) electrons. The third-order valence-electron chi connectivity index (χ3n) is 4.13. The number of hydrogen-bond acceptors (Lipinski definition) is 3. The number of benzene rings is 1. The number of nitrogens with zero attached hydrogens (tertiary/aromatic N) is 2. The summed E-state index contributed by atoms with van der Waals surface area (Å²) in [7, 11) is 0. The van der Waals surface area contributed by atoms with Crippen molar-refractivity contribution in [3.8, 4) is 0 Å². The van der Waals surface area contributed by atoms with Gasteiger partial charge in [0.2, 0.25) is 0 Å². The van der Waals surface area contributed by atoms with Crippen LogP contribution >= 0.6 is 0 Å². The SMILES string of the molecule is NC(=O)c1cc([C@H]2CCCCN2C(=O)c2ccc(F)cc2F)[nH]n1. The molecule has 1 aliphatic rings. The third-order valence-corrected chi connectivity index (χ3v) is 4.13. The van der Waals surface area contributed by atoms with Crippen LogP contribution in [0.2, 0.25) is 0 Å². The van der Waals surface area contributed by atoms with Crippen molar-refractivity contribution in [2.45, 2.75) is 25.3 Å². The van der Waals surface area contributed by atoms with E-state index in [0.717, 1.165) is 25.0 Å². The number of nitrogens with one attached hydrogen (secondary N) is 1. The Morgan fingerprint density at radius 2 is 2.04 bits per heavy atom. The molecule has 126 valence electrons. The summed E-state index contributed by atoms with van der Waals surface area (Å²) in [6.07, 6.45) is 2.31. The molecule has 8 heteroatoms. The number of carbonyl (C=O) groups is 2. The van der Waals surface area contributed by atoms with Gasteiger partial charge in [0.15, 0.2) is 0 Å². The van der Waals surface area contributed by atoms with Crippen molar-refractivity contribution >= 4 is 11.8 Å². The van der Waals surface area contributed by atoms with E-state index >= 15 is 0 Å². The normalized spacial score (nSPS) is 17.8. The molecule has 1 saturated heterocycles. The first kappa shape index (κ1) is 16.1. The Morgan fingerprint density at radius 3 is 2.71 bits per heavy atom. The fourth-order valence-electron chi connectivity index (χ4n) is 2.95. The topological polar surface area (TPSA) is 92.1 Å². The smallest absolute Gasteiger partial charge is 0.269 e. The van der Waals surface area contributed by atoms with Crippen LogP contribution in [-0.2, 0) is 0 Å². The number of halogens is 2. The van der Waals surface area contributed by atoms with Crippen LogP contribution in [0.5, 0.6) is 0 Å². The Balaban J connectivity index is 1.91. The van der Waals surface area contributed by atoms with Crippen LogP contribution in [0.4, 0.5) is 8.78 Å². The Labute approximate surface area is 136 Å². The molecule has 0 bridgehead atoms. The Bertz CT molecular complexity index is 790. The van der Waals surface area contributed by atoms with E-state index in [-0.39, 0.29) is 17.3 Å². The van der Waals surface area contributed by atoms with Crippen LogP contribution in [0.25, 0.3) is 0 Å². The Morgan fingerprint density at radius 1 is 1.25 bits per heavy atom. The van der Waals surface area contributed by atoms with Gasteiger partial charge in [0, 0.05) is 12.6 Å². The molecule has 1 aromatic carbocycles. The molecular formula is C16H16F2N4O2. The zero-order valence-corrected chi connectivity index (χ0v) is 12.8. The lowest BCUT2D eigenvalue weighted by atomic mass is 9.98. The fraction of sp³-hybridized carbons (Fsp3) is 0.312. The second-order valence-electron chi connectivity index (χ2n) is 5.71. The number of carbonyl (C=O) groups excluding carboxylic acids is 2. The van der Waals surface area contributed by atoms with Crippen LogP contribution < -0.4 is 5.73 Å². The molecule has 1 fully saturated rings. The quantitative estimate of drug-likeness (QED) is 0.901. The summed E-state index contributed by atoms with van der Waals surface area (Å²) in [5.41, 5.74) is 5.66. The molecule has 0 saturated carbocycles. The molecule has 2 heterocycles. The van der Waals surface area contributed by atoms with E-state index in [0.29, 0.717) is 24.7 Å². The zero-order chi connectivity index (χ0) is 17.3. The maximum Gasteiger partial charge on any atom is 0.269 e. The molecule has 1 aliphatic heterocycles. The molecule has 0 spiro atoms. The monoisotopic (exact) mass is 334 g/mol. The summed E-state index contributed by atoms with van der Waals surface area (Å²) in [6, 6.07) is 4.01. The number of piperidine rings is 1. The number of rotatable bonds is 3. The van der Waals surface area contributed by atoms with Gasteiger partial charge < -0.3 is 10.6 Å². The summed E-state index contributed by atoms with van der Waals surface area (Å²) in [4.78, 5) is 25.4. The molecule has 3 rings (SSSR count). The van der Waals surface area contributed by atoms with Crippen LogP contribution in [0.3, 0.4) is 0 Å². The number of primary amides is 1. The maximum absolute atomic E-state index is 13.9. The molecule has 2 aromatic rings. The van der Waals surface area contributed by atoms with E-state index < -0.39 is 23.4 Å². The van der Waals surface area contributed by atoms with Gasteiger partial charge in [-0.1, -0.05) is 0 Å². The first-order valence-electron chi connectivity index (χ1n) is 7.58. The van der Waals surface area contributed by atoms with E-state index in [1.54, 1.807) is 0 Å². The first-order valence-corrected chi connectivity index (χ1v) is 7.58. The standard InChI is InChI=1S/C16H16F2N4O2/c17-9-4-5-10(11(18)7-9)16(24)22-6-2-1-3-14(22)12-8-13(15(19)23)21-20-12/h4-5,7-8,14H,1-3,6H2,(H2,19,23)(H,20,21)/t14-/m1/s1. The van der Waals surface area contributed by atoms with Gasteiger partial charge in [-0.2, -0.15) is 5.10 Å². The number of H-pyrrole nitrogens is 1. The molecule has 0 unspecified atom stereocenters. The van der Waals surface area contributed by atoms with Gasteiger partial charge in [-0.3, -0.25) is 14.7 Å². The lowest BCUT2D eigenvalue weighted by Gasteiger charge is -2.35. The highest BCUT2D eigenvalue weighted by Gasteiger charge is 2.31. The predicted molar refractivity (Wildman–Crippen MR) is 81.1 cm³/mol. The molecular weight excluding hydrogens is 318 g/mol. The lowest BCUT2D eigenvalue weighted by Crippen LogP contribution is -2.39. The summed E-state index contributed by atoms with van der Waals surface area (Å²) in [6.45, 7) is 0.436. The van der Waals surface area contributed by atoms with Gasteiger partial charge in [0.05, 0.1) is 17.3 Å². The van der Waals surface area contributed by atoms with Gasteiger partial charge in [-0.25, -0.2) is 8.78 Å². The van der Waals surface area contributed by atoms with Crippen LogP contribution in [0.15, 0.2) is 24.3 Å². The van der Waals surface area contributed by atoms with E-state index in [1.165, 1.54) is 11.0 Å². The largest absolute Gasteiger partial charge is 0.364 e.